The SMILES string of the molecule is CCCNC(=O)CCNC(=NC)NCCc1c[nH]c2ccccc12.I. The number of nitrogens with one attached hydrogen (secondary N) is 4. The number of hydrogen-bond acceptors (Lipinski definition) is 2. The number of hydrogen-bond donors (Lipinski definition) is 4. The number of benzene rings is 1. The zero-order valence-electron chi connectivity index (χ0n) is 14.9. The second-order valence-electron chi connectivity index (χ2n) is 5.64. The van der Waals surface area contributed by atoms with E-state index in [0.29, 0.717) is 13.0 Å². The average Bonchev–Trinajstić information content (AvgIpc) is 3.02. The first-order valence-electron chi connectivity index (χ1n) is 8.50. The molecule has 0 radical (unpaired) electrons. The van der Waals surface area contributed by atoms with E-state index in [4.69, 9.17) is 0 Å². The molecule has 0 spiro atoms. The number of nitrogens with zero attached hydrogens (tertiary/aromatic N) is 1. The van der Waals surface area contributed by atoms with E-state index in [9.17, 15) is 4.79 Å². The van der Waals surface area contributed by atoms with Crippen molar-refractivity contribution in [3.8, 4) is 0 Å². The molecule has 1 aromatic carbocycles. The molecule has 1 aromatic heterocycles. The topological polar surface area (TPSA) is 81.3 Å². The van der Waals surface area contributed by atoms with Gasteiger partial charge < -0.3 is 20.9 Å². The van der Waals surface area contributed by atoms with Crippen LogP contribution in [0.25, 0.3) is 10.9 Å². The number of amides is 1. The molecule has 25 heavy (non-hydrogen) atoms. The van der Waals surface area contributed by atoms with E-state index in [-0.39, 0.29) is 29.9 Å². The number of aliphatic imine (C=N–C) groups is 1. The fraction of sp³-hybridized carbons (Fsp3) is 0.444. The first-order valence-corrected chi connectivity index (χ1v) is 8.50. The van der Waals surface area contributed by atoms with E-state index in [0.717, 1.165) is 37.4 Å². The van der Waals surface area contributed by atoms with Crippen LogP contribution in [0, 0.1) is 0 Å². The van der Waals surface area contributed by atoms with Crippen LogP contribution in [0.15, 0.2) is 35.5 Å². The molecule has 138 valence electrons. The number of guanidine groups is 1. The van der Waals surface area contributed by atoms with E-state index < -0.39 is 0 Å². The summed E-state index contributed by atoms with van der Waals surface area (Å²) in [4.78, 5) is 19.0. The Morgan fingerprint density at radius 1 is 1.12 bits per heavy atom. The molecule has 0 aliphatic rings. The van der Waals surface area contributed by atoms with Crippen molar-refractivity contribution in [1.82, 2.24) is 20.9 Å². The van der Waals surface area contributed by atoms with Crippen LogP contribution in [0.2, 0.25) is 0 Å². The Labute approximate surface area is 166 Å². The normalized spacial score (nSPS) is 11.0. The van der Waals surface area contributed by atoms with Gasteiger partial charge in [0.25, 0.3) is 0 Å². The Bertz CT molecular complexity index is 683. The number of rotatable bonds is 8. The standard InChI is InChI=1S/C18H27N5O.HI/c1-3-10-20-17(24)9-12-22-18(19-2)21-11-8-14-13-23-16-7-5-4-6-15(14)16;/h4-7,13,23H,3,8-12H2,1-2H3,(H,20,24)(H2,19,21,22);1H. The summed E-state index contributed by atoms with van der Waals surface area (Å²) in [6.07, 6.45) is 4.36. The van der Waals surface area contributed by atoms with Crippen molar-refractivity contribution in [2.24, 2.45) is 4.99 Å². The van der Waals surface area contributed by atoms with E-state index in [2.05, 4.69) is 50.3 Å². The van der Waals surface area contributed by atoms with Gasteiger partial charge in [-0.25, -0.2) is 0 Å². The summed E-state index contributed by atoms with van der Waals surface area (Å²) < 4.78 is 0. The van der Waals surface area contributed by atoms with Crippen LogP contribution in [0.3, 0.4) is 0 Å². The summed E-state index contributed by atoms with van der Waals surface area (Å²) in [6.45, 7) is 4.13. The number of H-pyrrole nitrogens is 1. The molecule has 4 N–H and O–H groups in total. The third-order valence-electron chi connectivity index (χ3n) is 3.80. The van der Waals surface area contributed by atoms with E-state index in [1.165, 1.54) is 10.9 Å². The second kappa shape index (κ2) is 11.7. The number of aromatic nitrogens is 1. The zero-order chi connectivity index (χ0) is 17.2. The van der Waals surface area contributed by atoms with Crippen molar-refractivity contribution in [2.75, 3.05) is 26.7 Å². The van der Waals surface area contributed by atoms with Gasteiger partial charge in [0.1, 0.15) is 0 Å². The molecule has 0 aliphatic heterocycles. The fourth-order valence-corrected chi connectivity index (χ4v) is 2.52. The van der Waals surface area contributed by atoms with Crippen molar-refractivity contribution in [2.45, 2.75) is 26.2 Å². The number of carbonyl (C=O) groups excluding carboxylic acids is 1. The van der Waals surface area contributed by atoms with Crippen molar-refractivity contribution in [1.29, 1.82) is 0 Å². The van der Waals surface area contributed by atoms with Gasteiger partial charge in [-0.2, -0.15) is 0 Å². The average molecular weight is 457 g/mol. The molecule has 0 fully saturated rings. The van der Waals surface area contributed by atoms with Crippen LogP contribution in [-0.4, -0.2) is 43.5 Å². The van der Waals surface area contributed by atoms with Crippen LogP contribution >= 0.6 is 24.0 Å². The van der Waals surface area contributed by atoms with E-state index in [1.54, 1.807) is 7.05 Å². The van der Waals surface area contributed by atoms with Gasteiger partial charge in [0, 0.05) is 50.2 Å². The largest absolute Gasteiger partial charge is 0.361 e. The second-order valence-corrected chi connectivity index (χ2v) is 5.64. The molecule has 0 unspecified atom stereocenters. The molecule has 1 heterocycles. The van der Waals surface area contributed by atoms with Gasteiger partial charge in [-0.15, -0.1) is 24.0 Å². The minimum atomic E-state index is 0. The smallest absolute Gasteiger partial charge is 0.221 e. The van der Waals surface area contributed by atoms with Gasteiger partial charge in [-0.3, -0.25) is 9.79 Å². The highest BCUT2D eigenvalue weighted by atomic mass is 127. The first kappa shape index (κ1) is 21.3. The van der Waals surface area contributed by atoms with Gasteiger partial charge in [0.2, 0.25) is 5.91 Å². The van der Waals surface area contributed by atoms with E-state index in [1.807, 2.05) is 13.0 Å². The van der Waals surface area contributed by atoms with Crippen LogP contribution in [0.4, 0.5) is 0 Å². The molecule has 6 nitrogen and oxygen atoms in total. The quantitative estimate of drug-likeness (QED) is 0.279. The molecule has 0 bridgehead atoms. The highest BCUT2D eigenvalue weighted by Crippen LogP contribution is 2.17. The molecule has 2 rings (SSSR count). The summed E-state index contributed by atoms with van der Waals surface area (Å²) in [6, 6.07) is 8.29. The third kappa shape index (κ3) is 6.93. The molecule has 0 saturated carbocycles. The van der Waals surface area contributed by atoms with Gasteiger partial charge >= 0.3 is 0 Å². The highest BCUT2D eigenvalue weighted by molar-refractivity contribution is 14.0. The van der Waals surface area contributed by atoms with Crippen LogP contribution in [0.5, 0.6) is 0 Å². The van der Waals surface area contributed by atoms with Crippen LogP contribution in [-0.2, 0) is 11.2 Å². The summed E-state index contributed by atoms with van der Waals surface area (Å²) in [5.41, 5.74) is 2.44. The van der Waals surface area contributed by atoms with Crippen LogP contribution in [0.1, 0.15) is 25.3 Å². The lowest BCUT2D eigenvalue weighted by Gasteiger charge is -2.11. The molecule has 0 saturated heterocycles. The molecule has 0 atom stereocenters. The third-order valence-corrected chi connectivity index (χ3v) is 3.80. The molecule has 2 aromatic rings. The maximum absolute atomic E-state index is 11.6. The van der Waals surface area contributed by atoms with Gasteiger partial charge in [-0.1, -0.05) is 25.1 Å². The molecular weight excluding hydrogens is 429 g/mol. The lowest BCUT2D eigenvalue weighted by molar-refractivity contribution is -0.120. The van der Waals surface area contributed by atoms with Crippen molar-refractivity contribution in [3.05, 3.63) is 36.0 Å². The summed E-state index contributed by atoms with van der Waals surface area (Å²) >= 11 is 0. The number of halogens is 1. The molecule has 1 amide bonds. The maximum atomic E-state index is 11.6. The first-order chi connectivity index (χ1) is 11.7. The van der Waals surface area contributed by atoms with Crippen molar-refractivity contribution >= 4 is 46.7 Å². The summed E-state index contributed by atoms with van der Waals surface area (Å²) in [7, 11) is 1.73. The Morgan fingerprint density at radius 3 is 2.64 bits per heavy atom. The maximum Gasteiger partial charge on any atom is 0.221 e. The lowest BCUT2D eigenvalue weighted by atomic mass is 10.1. The van der Waals surface area contributed by atoms with E-state index >= 15 is 0 Å². The highest BCUT2D eigenvalue weighted by Gasteiger charge is 2.04. The Morgan fingerprint density at radius 2 is 1.88 bits per heavy atom. The van der Waals surface area contributed by atoms with Gasteiger partial charge in [0.15, 0.2) is 5.96 Å². The Balaban J connectivity index is 0.00000312. The molecule has 0 aliphatic carbocycles. The van der Waals surface area contributed by atoms with Crippen LogP contribution < -0.4 is 16.0 Å². The minimum Gasteiger partial charge on any atom is -0.361 e. The lowest BCUT2D eigenvalue weighted by Crippen LogP contribution is -2.40. The molecule has 7 heteroatoms. The summed E-state index contributed by atoms with van der Waals surface area (Å²) in [5.74, 6) is 0.789. The number of carbonyl (C=O) groups is 1. The fourth-order valence-electron chi connectivity index (χ4n) is 2.52. The number of para-hydroxylation sites is 1. The number of aromatic amines is 1. The predicted octanol–water partition coefficient (Wildman–Crippen LogP) is 2.41. The molecular formula is C18H28IN5O. The van der Waals surface area contributed by atoms with Gasteiger partial charge in [0.05, 0.1) is 0 Å². The Hall–Kier alpha value is -1.77. The van der Waals surface area contributed by atoms with Crippen molar-refractivity contribution < 1.29 is 4.79 Å². The van der Waals surface area contributed by atoms with Crippen molar-refractivity contribution in [3.63, 3.8) is 0 Å². The monoisotopic (exact) mass is 457 g/mol. The zero-order valence-corrected chi connectivity index (χ0v) is 17.2. The predicted molar refractivity (Wildman–Crippen MR) is 115 cm³/mol. The summed E-state index contributed by atoms with van der Waals surface area (Å²) in [5, 5.41) is 10.6. The van der Waals surface area contributed by atoms with Gasteiger partial charge in [-0.05, 0) is 24.5 Å². The minimum absolute atomic E-state index is 0. The Kier molecular flexibility index (Phi) is 9.98. The number of fused-ring (bicyclic) bond motifs is 1.